The second-order valence-corrected chi connectivity index (χ2v) is 7.13. The molecule has 0 aromatic heterocycles. The molecule has 0 radical (unpaired) electrons. The Morgan fingerprint density at radius 1 is 0.815 bits per heavy atom. The molecule has 1 N–H and O–H groups in total. The van der Waals surface area contributed by atoms with E-state index in [1.54, 1.807) is 38.5 Å². The zero-order valence-electron chi connectivity index (χ0n) is 15.9. The second kappa shape index (κ2) is 9.18. The molecule has 0 saturated carbocycles. The van der Waals surface area contributed by atoms with Crippen LogP contribution in [0.4, 0.5) is 8.78 Å². The van der Waals surface area contributed by atoms with Crippen molar-refractivity contribution in [1.82, 2.24) is 5.32 Å². The molecular formula is C22H27F2NO2. The first-order valence-electron chi connectivity index (χ1n) is 9.50. The Hall–Kier alpha value is -2.14. The van der Waals surface area contributed by atoms with E-state index >= 15 is 0 Å². The van der Waals surface area contributed by atoms with Crippen LogP contribution in [-0.2, 0) is 12.8 Å². The molecule has 0 unspecified atom stereocenters. The topological polar surface area (TPSA) is 30.5 Å². The average molecular weight is 375 g/mol. The molecular weight excluding hydrogens is 348 g/mol. The summed E-state index contributed by atoms with van der Waals surface area (Å²) < 4.78 is 38.2. The summed E-state index contributed by atoms with van der Waals surface area (Å²) in [5, 5.41) is 3.62. The summed E-state index contributed by atoms with van der Waals surface area (Å²) in [4.78, 5) is 0. The van der Waals surface area contributed by atoms with Crippen LogP contribution in [0.2, 0.25) is 0 Å². The lowest BCUT2D eigenvalue weighted by Crippen LogP contribution is -2.30. The van der Waals surface area contributed by atoms with Crippen LogP contribution < -0.4 is 14.8 Å². The van der Waals surface area contributed by atoms with E-state index in [9.17, 15) is 8.78 Å². The van der Waals surface area contributed by atoms with Crippen LogP contribution in [-0.4, -0.2) is 26.3 Å². The summed E-state index contributed by atoms with van der Waals surface area (Å²) in [6, 6.07) is 10.5. The molecule has 146 valence electrons. The fraction of sp³-hybridized carbons (Fsp3) is 0.455. The number of rotatable bonds is 8. The molecule has 3 rings (SSSR count). The minimum Gasteiger partial charge on any atom is -0.497 e. The molecule has 1 aliphatic rings. The summed E-state index contributed by atoms with van der Waals surface area (Å²) in [6.07, 6.45) is 5.26. The van der Waals surface area contributed by atoms with Gasteiger partial charge in [-0.2, -0.15) is 0 Å². The van der Waals surface area contributed by atoms with Gasteiger partial charge in [-0.25, -0.2) is 8.78 Å². The van der Waals surface area contributed by atoms with Crippen molar-refractivity contribution < 1.29 is 18.3 Å². The van der Waals surface area contributed by atoms with Crippen LogP contribution in [0.5, 0.6) is 11.5 Å². The van der Waals surface area contributed by atoms with Crippen molar-refractivity contribution in [2.75, 3.05) is 14.2 Å². The maximum absolute atomic E-state index is 13.9. The number of methoxy groups -OCH3 is 2. The molecule has 0 amide bonds. The van der Waals surface area contributed by atoms with Gasteiger partial charge in [-0.15, -0.1) is 0 Å². The highest BCUT2D eigenvalue weighted by molar-refractivity contribution is 5.31. The smallest absolute Gasteiger partial charge is 0.126 e. The van der Waals surface area contributed by atoms with Crippen molar-refractivity contribution in [3.05, 3.63) is 59.2 Å². The van der Waals surface area contributed by atoms with Crippen molar-refractivity contribution in [1.29, 1.82) is 0 Å². The van der Waals surface area contributed by atoms with Crippen LogP contribution in [0.1, 0.15) is 36.8 Å². The highest BCUT2D eigenvalue weighted by Crippen LogP contribution is 2.24. The number of benzene rings is 2. The predicted octanol–water partition coefficient (Wildman–Crippen LogP) is 4.67. The van der Waals surface area contributed by atoms with Crippen molar-refractivity contribution in [2.24, 2.45) is 0 Å². The SMILES string of the molecule is COc1ccc(F)c(CC[C@@H]2CC[C@H](CCc3cc(OC)ccc3F)N2)c1. The van der Waals surface area contributed by atoms with Gasteiger partial charge in [0, 0.05) is 12.1 Å². The molecule has 0 spiro atoms. The molecule has 1 fully saturated rings. The van der Waals surface area contributed by atoms with E-state index in [0.29, 0.717) is 47.6 Å². The van der Waals surface area contributed by atoms with Gasteiger partial charge in [0.1, 0.15) is 23.1 Å². The maximum atomic E-state index is 13.9. The third-order valence-corrected chi connectivity index (χ3v) is 5.37. The first kappa shape index (κ1) is 19.6. The van der Waals surface area contributed by atoms with Gasteiger partial charge in [0.2, 0.25) is 0 Å². The number of nitrogens with one attached hydrogen (secondary N) is 1. The van der Waals surface area contributed by atoms with Crippen LogP contribution in [0.3, 0.4) is 0 Å². The molecule has 2 aromatic rings. The average Bonchev–Trinajstić information content (AvgIpc) is 3.14. The lowest BCUT2D eigenvalue weighted by atomic mass is 10.0. The first-order valence-corrected chi connectivity index (χ1v) is 9.50. The highest BCUT2D eigenvalue weighted by Gasteiger charge is 2.23. The molecule has 1 heterocycles. The van der Waals surface area contributed by atoms with Crippen LogP contribution in [0.15, 0.2) is 36.4 Å². The van der Waals surface area contributed by atoms with Gasteiger partial charge in [0.05, 0.1) is 14.2 Å². The fourth-order valence-corrected chi connectivity index (χ4v) is 3.76. The molecule has 5 heteroatoms. The van der Waals surface area contributed by atoms with Gasteiger partial charge < -0.3 is 14.8 Å². The third-order valence-electron chi connectivity index (χ3n) is 5.37. The monoisotopic (exact) mass is 375 g/mol. The van der Waals surface area contributed by atoms with E-state index in [1.807, 2.05) is 0 Å². The predicted molar refractivity (Wildman–Crippen MR) is 102 cm³/mol. The summed E-state index contributed by atoms with van der Waals surface area (Å²) >= 11 is 0. The highest BCUT2D eigenvalue weighted by atomic mass is 19.1. The summed E-state index contributed by atoms with van der Waals surface area (Å²) in [5.41, 5.74) is 1.39. The van der Waals surface area contributed by atoms with E-state index in [4.69, 9.17) is 9.47 Å². The largest absolute Gasteiger partial charge is 0.497 e. The normalized spacial score (nSPS) is 19.3. The Labute approximate surface area is 159 Å². The molecule has 0 aliphatic carbocycles. The number of hydrogen-bond acceptors (Lipinski definition) is 3. The number of ether oxygens (including phenoxy) is 2. The van der Waals surface area contributed by atoms with Gasteiger partial charge in [0.25, 0.3) is 0 Å². The van der Waals surface area contributed by atoms with E-state index in [-0.39, 0.29) is 11.6 Å². The Morgan fingerprint density at radius 2 is 1.26 bits per heavy atom. The van der Waals surface area contributed by atoms with Crippen molar-refractivity contribution >= 4 is 0 Å². The number of halogens is 2. The molecule has 27 heavy (non-hydrogen) atoms. The second-order valence-electron chi connectivity index (χ2n) is 7.13. The fourth-order valence-electron chi connectivity index (χ4n) is 3.76. The van der Waals surface area contributed by atoms with Gasteiger partial charge in [0.15, 0.2) is 0 Å². The van der Waals surface area contributed by atoms with Crippen LogP contribution >= 0.6 is 0 Å². The summed E-state index contributed by atoms with van der Waals surface area (Å²) in [7, 11) is 3.18. The van der Waals surface area contributed by atoms with Gasteiger partial charge in [-0.05, 0) is 86.1 Å². The summed E-state index contributed by atoms with van der Waals surface area (Å²) in [6.45, 7) is 0. The molecule has 2 aromatic carbocycles. The zero-order chi connectivity index (χ0) is 19.2. The van der Waals surface area contributed by atoms with E-state index < -0.39 is 0 Å². The first-order chi connectivity index (χ1) is 13.1. The van der Waals surface area contributed by atoms with E-state index in [0.717, 1.165) is 25.7 Å². The molecule has 1 saturated heterocycles. The third kappa shape index (κ3) is 5.19. The van der Waals surface area contributed by atoms with E-state index in [2.05, 4.69) is 5.32 Å². The number of hydrogen-bond donors (Lipinski definition) is 1. The number of aryl methyl sites for hydroxylation is 2. The van der Waals surface area contributed by atoms with Gasteiger partial charge in [-0.3, -0.25) is 0 Å². The van der Waals surface area contributed by atoms with E-state index in [1.165, 1.54) is 12.1 Å². The molecule has 2 atom stereocenters. The quantitative estimate of drug-likeness (QED) is 0.727. The summed E-state index contributed by atoms with van der Waals surface area (Å²) in [5.74, 6) is 1.01. The molecule has 0 bridgehead atoms. The van der Waals surface area contributed by atoms with Crippen molar-refractivity contribution in [3.8, 4) is 11.5 Å². The van der Waals surface area contributed by atoms with Crippen LogP contribution in [0.25, 0.3) is 0 Å². The Morgan fingerprint density at radius 3 is 1.67 bits per heavy atom. The zero-order valence-corrected chi connectivity index (χ0v) is 15.9. The minimum atomic E-state index is -0.182. The van der Waals surface area contributed by atoms with Crippen molar-refractivity contribution in [2.45, 2.75) is 50.6 Å². The van der Waals surface area contributed by atoms with Gasteiger partial charge in [-0.1, -0.05) is 0 Å². The maximum Gasteiger partial charge on any atom is 0.126 e. The molecule has 3 nitrogen and oxygen atoms in total. The lowest BCUT2D eigenvalue weighted by Gasteiger charge is -2.15. The Bertz CT molecular complexity index is 702. The lowest BCUT2D eigenvalue weighted by molar-refractivity contribution is 0.412. The Kier molecular flexibility index (Phi) is 6.67. The Balaban J connectivity index is 1.48. The standard InChI is InChI=1S/C22H27F2NO2/c1-26-19-9-11-21(23)15(13-19)3-5-17-7-8-18(25-17)6-4-16-14-20(27-2)10-12-22(16)24/h9-14,17-18,25H,3-8H2,1-2H3/t17-,18+. The van der Waals surface area contributed by atoms with Gasteiger partial charge >= 0.3 is 0 Å². The van der Waals surface area contributed by atoms with Crippen molar-refractivity contribution in [3.63, 3.8) is 0 Å². The molecule has 1 aliphatic heterocycles. The minimum absolute atomic E-state index is 0.182. The van der Waals surface area contributed by atoms with Crippen LogP contribution in [0, 0.1) is 11.6 Å².